The van der Waals surface area contributed by atoms with Crippen molar-refractivity contribution >= 4 is 15.9 Å². The minimum atomic E-state index is -4.05. The maximum atomic E-state index is 14.1. The second-order valence-corrected chi connectivity index (χ2v) is 6.08. The third-order valence-electron chi connectivity index (χ3n) is 2.81. The first-order valence-electron chi connectivity index (χ1n) is 6.18. The normalized spacial score (nSPS) is 11.4. The summed E-state index contributed by atoms with van der Waals surface area (Å²) >= 11 is 0. The lowest BCUT2D eigenvalue weighted by atomic mass is 10.1. The number of carbonyl (C=O) groups excluding carboxylic acids is 1. The van der Waals surface area contributed by atoms with Crippen LogP contribution >= 0.6 is 0 Å². The minimum Gasteiger partial charge on any atom is -0.275 e. The number of halogens is 1. The molecule has 0 aliphatic heterocycles. The summed E-state index contributed by atoms with van der Waals surface area (Å²) in [6.07, 6.45) is 1.68. The van der Waals surface area contributed by atoms with Gasteiger partial charge in [-0.15, -0.1) is 0 Å². The van der Waals surface area contributed by atoms with Crippen molar-refractivity contribution < 1.29 is 17.6 Å². The standard InChI is InChI=1S/C13H14FN3O3S/c1-3-13(18)16-21(19,20)9-4-5-10(11(14)8-9)12-6-7-17(2)15-12/h4-8H,3H2,1-2H3,(H,16,18). The summed E-state index contributed by atoms with van der Waals surface area (Å²) in [4.78, 5) is 10.9. The average molecular weight is 311 g/mol. The van der Waals surface area contributed by atoms with Crippen molar-refractivity contribution in [1.82, 2.24) is 14.5 Å². The third-order valence-corrected chi connectivity index (χ3v) is 4.18. The lowest BCUT2D eigenvalue weighted by Crippen LogP contribution is -2.29. The number of hydrogen-bond donors (Lipinski definition) is 1. The van der Waals surface area contributed by atoms with Crippen LogP contribution in [0.4, 0.5) is 4.39 Å². The molecule has 1 N–H and O–H groups in total. The first-order chi connectivity index (χ1) is 9.83. The summed E-state index contributed by atoms with van der Waals surface area (Å²) in [6.45, 7) is 1.52. The molecule has 1 aromatic heterocycles. The number of nitrogens with zero attached hydrogens (tertiary/aromatic N) is 2. The van der Waals surface area contributed by atoms with E-state index in [4.69, 9.17) is 0 Å². The van der Waals surface area contributed by atoms with Gasteiger partial charge in [-0.1, -0.05) is 6.92 Å². The Balaban J connectivity index is 2.37. The van der Waals surface area contributed by atoms with Crippen LogP contribution < -0.4 is 4.72 Å². The Kier molecular flexibility index (Phi) is 4.08. The molecular weight excluding hydrogens is 297 g/mol. The Hall–Kier alpha value is -2.22. The zero-order valence-corrected chi connectivity index (χ0v) is 12.3. The quantitative estimate of drug-likeness (QED) is 0.926. The van der Waals surface area contributed by atoms with E-state index in [1.54, 1.807) is 19.3 Å². The van der Waals surface area contributed by atoms with E-state index in [0.29, 0.717) is 5.69 Å². The molecule has 0 fully saturated rings. The fourth-order valence-corrected chi connectivity index (χ4v) is 2.78. The van der Waals surface area contributed by atoms with Gasteiger partial charge in [0, 0.05) is 25.2 Å². The number of hydrogen-bond acceptors (Lipinski definition) is 4. The van der Waals surface area contributed by atoms with Gasteiger partial charge in [0.05, 0.1) is 10.6 Å². The molecule has 0 saturated heterocycles. The number of rotatable bonds is 4. The molecular formula is C13H14FN3O3S. The molecule has 1 heterocycles. The van der Waals surface area contributed by atoms with Crippen LogP contribution in [0.15, 0.2) is 35.4 Å². The number of carbonyl (C=O) groups is 1. The maximum absolute atomic E-state index is 14.1. The van der Waals surface area contributed by atoms with Crippen LogP contribution in [-0.2, 0) is 21.9 Å². The molecule has 6 nitrogen and oxygen atoms in total. The van der Waals surface area contributed by atoms with Gasteiger partial charge in [0.1, 0.15) is 5.82 Å². The highest BCUT2D eigenvalue weighted by Crippen LogP contribution is 2.23. The fraction of sp³-hybridized carbons (Fsp3) is 0.231. The number of sulfonamides is 1. The van der Waals surface area contributed by atoms with E-state index in [1.807, 2.05) is 4.72 Å². The zero-order chi connectivity index (χ0) is 15.6. The van der Waals surface area contributed by atoms with Gasteiger partial charge in [0.25, 0.3) is 10.0 Å². The lowest BCUT2D eigenvalue weighted by molar-refractivity contribution is -0.119. The Labute approximate surface area is 121 Å². The molecule has 0 unspecified atom stereocenters. The van der Waals surface area contributed by atoms with Crippen molar-refractivity contribution in [1.29, 1.82) is 0 Å². The van der Waals surface area contributed by atoms with E-state index in [-0.39, 0.29) is 16.9 Å². The predicted molar refractivity (Wildman–Crippen MR) is 74.2 cm³/mol. The third kappa shape index (κ3) is 3.27. The number of aryl methyl sites for hydroxylation is 1. The van der Waals surface area contributed by atoms with E-state index in [1.165, 1.54) is 23.7 Å². The lowest BCUT2D eigenvalue weighted by Gasteiger charge is -2.07. The molecule has 0 atom stereocenters. The number of benzene rings is 1. The van der Waals surface area contributed by atoms with Crippen molar-refractivity contribution in [3.05, 3.63) is 36.3 Å². The van der Waals surface area contributed by atoms with Crippen LogP contribution in [0, 0.1) is 5.82 Å². The Morgan fingerprint density at radius 2 is 2.10 bits per heavy atom. The van der Waals surface area contributed by atoms with Gasteiger partial charge >= 0.3 is 0 Å². The van der Waals surface area contributed by atoms with Crippen LogP contribution in [0.25, 0.3) is 11.3 Å². The SMILES string of the molecule is CCC(=O)NS(=O)(=O)c1ccc(-c2ccn(C)n2)c(F)c1. The van der Waals surface area contributed by atoms with Crippen molar-refractivity contribution in [3.63, 3.8) is 0 Å². The van der Waals surface area contributed by atoms with Gasteiger partial charge in [-0.2, -0.15) is 5.10 Å². The van der Waals surface area contributed by atoms with Crippen LogP contribution in [0.3, 0.4) is 0 Å². The van der Waals surface area contributed by atoms with E-state index in [2.05, 4.69) is 5.10 Å². The maximum Gasteiger partial charge on any atom is 0.264 e. The monoisotopic (exact) mass is 311 g/mol. The van der Waals surface area contributed by atoms with Gasteiger partial charge in [-0.05, 0) is 24.3 Å². The molecule has 1 amide bonds. The second kappa shape index (κ2) is 5.65. The topological polar surface area (TPSA) is 81.1 Å². The Bertz CT molecular complexity index is 784. The molecule has 0 aliphatic carbocycles. The highest BCUT2D eigenvalue weighted by molar-refractivity contribution is 7.90. The van der Waals surface area contributed by atoms with E-state index in [9.17, 15) is 17.6 Å². The molecule has 0 aliphatic rings. The second-order valence-electron chi connectivity index (χ2n) is 4.40. The smallest absolute Gasteiger partial charge is 0.264 e. The summed E-state index contributed by atoms with van der Waals surface area (Å²) in [5, 5.41) is 4.05. The summed E-state index contributed by atoms with van der Waals surface area (Å²) < 4.78 is 41.2. The van der Waals surface area contributed by atoms with Gasteiger partial charge < -0.3 is 0 Å². The fourth-order valence-electron chi connectivity index (χ4n) is 1.71. The summed E-state index contributed by atoms with van der Waals surface area (Å²) in [6, 6.07) is 5.04. The molecule has 8 heteroatoms. The van der Waals surface area contributed by atoms with Gasteiger partial charge in [0.15, 0.2) is 0 Å². The van der Waals surface area contributed by atoms with Crippen molar-refractivity contribution in [3.8, 4) is 11.3 Å². The molecule has 2 rings (SSSR count). The van der Waals surface area contributed by atoms with E-state index in [0.717, 1.165) is 6.07 Å². The van der Waals surface area contributed by atoms with Crippen molar-refractivity contribution in [2.75, 3.05) is 0 Å². The first-order valence-corrected chi connectivity index (χ1v) is 7.67. The van der Waals surface area contributed by atoms with Crippen LogP contribution in [-0.4, -0.2) is 24.1 Å². The minimum absolute atomic E-state index is 0.0216. The van der Waals surface area contributed by atoms with E-state index < -0.39 is 21.7 Å². The average Bonchev–Trinajstić information content (AvgIpc) is 2.84. The number of aromatic nitrogens is 2. The largest absolute Gasteiger partial charge is 0.275 e. The molecule has 2 aromatic rings. The number of nitrogens with one attached hydrogen (secondary N) is 1. The first kappa shape index (κ1) is 15.2. The van der Waals surface area contributed by atoms with Crippen LogP contribution in [0.5, 0.6) is 0 Å². The Morgan fingerprint density at radius 1 is 1.38 bits per heavy atom. The molecule has 0 radical (unpaired) electrons. The molecule has 112 valence electrons. The number of amides is 1. The molecule has 0 spiro atoms. The van der Waals surface area contributed by atoms with Crippen molar-refractivity contribution in [2.45, 2.75) is 18.2 Å². The van der Waals surface area contributed by atoms with Gasteiger partial charge in [-0.25, -0.2) is 17.5 Å². The van der Waals surface area contributed by atoms with Gasteiger partial charge in [0.2, 0.25) is 5.91 Å². The van der Waals surface area contributed by atoms with Crippen LogP contribution in [0.1, 0.15) is 13.3 Å². The highest BCUT2D eigenvalue weighted by atomic mass is 32.2. The summed E-state index contributed by atoms with van der Waals surface area (Å²) in [7, 11) is -2.36. The Morgan fingerprint density at radius 3 is 2.62 bits per heavy atom. The van der Waals surface area contributed by atoms with Gasteiger partial charge in [-0.3, -0.25) is 9.48 Å². The summed E-state index contributed by atoms with van der Waals surface area (Å²) in [5.41, 5.74) is 0.591. The molecule has 21 heavy (non-hydrogen) atoms. The highest BCUT2D eigenvalue weighted by Gasteiger charge is 2.19. The van der Waals surface area contributed by atoms with Crippen LogP contribution in [0.2, 0.25) is 0 Å². The zero-order valence-electron chi connectivity index (χ0n) is 11.5. The molecule has 1 aromatic carbocycles. The van der Waals surface area contributed by atoms with E-state index >= 15 is 0 Å². The molecule has 0 bridgehead atoms. The summed E-state index contributed by atoms with van der Waals surface area (Å²) in [5.74, 6) is -1.37. The van der Waals surface area contributed by atoms with Crippen molar-refractivity contribution in [2.24, 2.45) is 7.05 Å². The molecule has 0 saturated carbocycles. The predicted octanol–water partition coefficient (Wildman–Crippen LogP) is 1.44.